The third-order valence-electron chi connectivity index (χ3n) is 4.09. The number of hydrogen-bond acceptors (Lipinski definition) is 6. The Morgan fingerprint density at radius 2 is 1.90 bits per heavy atom. The number of rotatable bonds is 5. The third kappa shape index (κ3) is 2.57. The van der Waals surface area contributed by atoms with Gasteiger partial charge >= 0.3 is 11.9 Å². The summed E-state index contributed by atoms with van der Waals surface area (Å²) in [5, 5.41) is 0. The molecule has 1 aliphatic carbocycles. The van der Waals surface area contributed by atoms with Crippen molar-refractivity contribution >= 4 is 23.3 Å². The van der Waals surface area contributed by atoms with Gasteiger partial charge in [-0.2, -0.15) is 0 Å². The van der Waals surface area contributed by atoms with E-state index < -0.39 is 17.4 Å². The van der Waals surface area contributed by atoms with Crippen molar-refractivity contribution in [3.63, 3.8) is 0 Å². The zero-order valence-corrected chi connectivity index (χ0v) is 12.6. The molecule has 0 spiro atoms. The molecular weight excluding hydrogens is 278 g/mol. The Kier molecular flexibility index (Phi) is 4.75. The number of ether oxygens (including phenoxy) is 2. The van der Waals surface area contributed by atoms with Crippen LogP contribution in [0.5, 0.6) is 0 Å². The highest BCUT2D eigenvalue weighted by atomic mass is 32.1. The largest absolute Gasteiger partial charge is 0.468 e. The van der Waals surface area contributed by atoms with Crippen LogP contribution in [-0.2, 0) is 25.5 Å². The molecule has 5 nitrogen and oxygen atoms in total. The minimum atomic E-state index is -1.23. The second kappa shape index (κ2) is 6.35. The lowest BCUT2D eigenvalue weighted by atomic mass is 9.71. The molecule has 0 radical (unpaired) electrons. The molecule has 1 aliphatic rings. The number of aromatic nitrogens is 1. The summed E-state index contributed by atoms with van der Waals surface area (Å²) in [6, 6.07) is 0. The van der Waals surface area contributed by atoms with Gasteiger partial charge in [0.2, 0.25) is 0 Å². The highest BCUT2D eigenvalue weighted by Gasteiger charge is 2.55. The van der Waals surface area contributed by atoms with E-state index in [0.717, 1.165) is 30.6 Å². The van der Waals surface area contributed by atoms with Crippen LogP contribution in [0, 0.1) is 11.3 Å². The van der Waals surface area contributed by atoms with Crippen LogP contribution >= 0.6 is 11.3 Å². The number of hydrogen-bond donors (Lipinski definition) is 0. The molecule has 0 saturated heterocycles. The molecule has 0 amide bonds. The molecule has 110 valence electrons. The van der Waals surface area contributed by atoms with Crippen molar-refractivity contribution in [1.29, 1.82) is 0 Å². The highest BCUT2D eigenvalue weighted by Crippen LogP contribution is 2.44. The van der Waals surface area contributed by atoms with Crippen molar-refractivity contribution < 1.29 is 19.1 Å². The van der Waals surface area contributed by atoms with Crippen molar-refractivity contribution in [1.82, 2.24) is 4.98 Å². The van der Waals surface area contributed by atoms with Crippen LogP contribution < -0.4 is 0 Å². The maximum atomic E-state index is 12.4. The van der Waals surface area contributed by atoms with Gasteiger partial charge in [-0.05, 0) is 18.8 Å². The maximum absolute atomic E-state index is 12.4. The summed E-state index contributed by atoms with van der Waals surface area (Å²) in [6.07, 6.45) is 5.76. The van der Waals surface area contributed by atoms with Crippen molar-refractivity contribution in [2.24, 2.45) is 11.3 Å². The van der Waals surface area contributed by atoms with Crippen LogP contribution in [0.15, 0.2) is 11.7 Å². The smallest absolute Gasteiger partial charge is 0.323 e. The molecule has 0 atom stereocenters. The molecule has 1 aromatic heterocycles. The summed E-state index contributed by atoms with van der Waals surface area (Å²) in [5.41, 5.74) is 0.468. The van der Waals surface area contributed by atoms with Crippen LogP contribution in [0.1, 0.15) is 30.6 Å². The second-order valence-electron chi connectivity index (χ2n) is 5.08. The molecule has 1 saturated carbocycles. The SMILES string of the molecule is COC(=O)C(Cc1cncs1)(C(=O)OC)C1CCCC1. The van der Waals surface area contributed by atoms with Gasteiger partial charge in [-0.3, -0.25) is 14.6 Å². The highest BCUT2D eigenvalue weighted by molar-refractivity contribution is 7.09. The summed E-state index contributed by atoms with van der Waals surface area (Å²) in [6.45, 7) is 0. The fraction of sp³-hybridized carbons (Fsp3) is 0.643. The van der Waals surface area contributed by atoms with E-state index in [1.165, 1.54) is 25.6 Å². The lowest BCUT2D eigenvalue weighted by Crippen LogP contribution is -2.48. The van der Waals surface area contributed by atoms with E-state index >= 15 is 0 Å². The monoisotopic (exact) mass is 297 g/mol. The van der Waals surface area contributed by atoms with Gasteiger partial charge in [-0.1, -0.05) is 12.8 Å². The first kappa shape index (κ1) is 15.0. The molecule has 1 aromatic rings. The first-order chi connectivity index (χ1) is 9.65. The number of thiazole rings is 1. The molecule has 20 heavy (non-hydrogen) atoms. The van der Waals surface area contributed by atoms with Gasteiger partial charge < -0.3 is 9.47 Å². The molecular formula is C14H19NO4S. The van der Waals surface area contributed by atoms with Crippen molar-refractivity contribution in [3.8, 4) is 0 Å². The standard InChI is InChI=1S/C14H19NO4S/c1-18-12(16)14(13(17)19-2,10-5-3-4-6-10)7-11-8-15-9-20-11/h8-10H,3-7H2,1-2H3. The Morgan fingerprint density at radius 1 is 1.30 bits per heavy atom. The number of carbonyl (C=O) groups excluding carboxylic acids is 2. The van der Waals surface area contributed by atoms with Crippen LogP contribution in [0.3, 0.4) is 0 Å². The Bertz CT molecular complexity index is 450. The Labute approximate surface area is 122 Å². The molecule has 1 fully saturated rings. The normalized spacial score (nSPS) is 16.1. The van der Waals surface area contributed by atoms with E-state index in [2.05, 4.69) is 4.98 Å². The zero-order valence-electron chi connectivity index (χ0n) is 11.8. The zero-order chi connectivity index (χ0) is 14.6. The molecule has 0 bridgehead atoms. The molecule has 6 heteroatoms. The second-order valence-corrected chi connectivity index (χ2v) is 6.05. The predicted molar refractivity (Wildman–Crippen MR) is 74.2 cm³/mol. The minimum Gasteiger partial charge on any atom is -0.468 e. The third-order valence-corrected chi connectivity index (χ3v) is 4.87. The quantitative estimate of drug-likeness (QED) is 0.616. The summed E-state index contributed by atoms with van der Waals surface area (Å²) >= 11 is 1.44. The van der Waals surface area contributed by atoms with Gasteiger partial charge in [0.15, 0.2) is 5.41 Å². The van der Waals surface area contributed by atoms with Crippen molar-refractivity contribution in [2.45, 2.75) is 32.1 Å². The number of nitrogens with zero attached hydrogens (tertiary/aromatic N) is 1. The van der Waals surface area contributed by atoms with E-state index in [0.29, 0.717) is 6.42 Å². The average Bonchev–Trinajstić information content (AvgIpc) is 3.15. The minimum absolute atomic E-state index is 0.0236. The molecule has 0 aliphatic heterocycles. The number of methoxy groups -OCH3 is 2. The fourth-order valence-electron chi connectivity index (χ4n) is 3.09. The van der Waals surface area contributed by atoms with Gasteiger partial charge in [0, 0.05) is 17.5 Å². The Balaban J connectivity index is 2.41. The topological polar surface area (TPSA) is 65.5 Å². The number of carbonyl (C=O) groups is 2. The van der Waals surface area contributed by atoms with Gasteiger partial charge in [0.25, 0.3) is 0 Å². The van der Waals surface area contributed by atoms with Crippen LogP contribution in [0.25, 0.3) is 0 Å². The molecule has 1 heterocycles. The lowest BCUT2D eigenvalue weighted by Gasteiger charge is -2.33. The van der Waals surface area contributed by atoms with E-state index in [9.17, 15) is 9.59 Å². The van der Waals surface area contributed by atoms with Crippen LogP contribution in [0.4, 0.5) is 0 Å². The summed E-state index contributed by atoms with van der Waals surface area (Å²) < 4.78 is 9.89. The van der Waals surface area contributed by atoms with E-state index in [1.54, 1.807) is 11.7 Å². The van der Waals surface area contributed by atoms with E-state index in [4.69, 9.17) is 9.47 Å². The summed E-state index contributed by atoms with van der Waals surface area (Å²) in [7, 11) is 2.64. The first-order valence-electron chi connectivity index (χ1n) is 6.69. The molecule has 2 rings (SSSR count). The fourth-order valence-corrected chi connectivity index (χ4v) is 3.78. The lowest BCUT2D eigenvalue weighted by molar-refractivity contribution is -0.173. The summed E-state index contributed by atoms with van der Waals surface area (Å²) in [5.74, 6) is -1.01. The Hall–Kier alpha value is -1.43. The van der Waals surface area contributed by atoms with Crippen molar-refractivity contribution in [3.05, 3.63) is 16.6 Å². The molecule has 0 aromatic carbocycles. The maximum Gasteiger partial charge on any atom is 0.323 e. The average molecular weight is 297 g/mol. The Morgan fingerprint density at radius 3 is 2.35 bits per heavy atom. The summed E-state index contributed by atoms with van der Waals surface area (Å²) in [4.78, 5) is 29.7. The van der Waals surface area contributed by atoms with Gasteiger partial charge in [0.05, 0.1) is 19.7 Å². The predicted octanol–water partition coefficient (Wildman–Crippen LogP) is 2.21. The van der Waals surface area contributed by atoms with Crippen LogP contribution in [0.2, 0.25) is 0 Å². The van der Waals surface area contributed by atoms with E-state index in [-0.39, 0.29) is 5.92 Å². The van der Waals surface area contributed by atoms with Gasteiger partial charge in [-0.25, -0.2) is 0 Å². The van der Waals surface area contributed by atoms with Gasteiger partial charge in [-0.15, -0.1) is 11.3 Å². The number of esters is 2. The van der Waals surface area contributed by atoms with Gasteiger partial charge in [0.1, 0.15) is 0 Å². The van der Waals surface area contributed by atoms with E-state index in [1.807, 2.05) is 0 Å². The molecule has 0 unspecified atom stereocenters. The molecule has 0 N–H and O–H groups in total. The first-order valence-corrected chi connectivity index (χ1v) is 7.57. The van der Waals surface area contributed by atoms with Crippen molar-refractivity contribution in [2.75, 3.05) is 14.2 Å². The van der Waals surface area contributed by atoms with Crippen LogP contribution in [-0.4, -0.2) is 31.1 Å².